The van der Waals surface area contributed by atoms with Gasteiger partial charge in [0.15, 0.2) is 0 Å². The fraction of sp³-hybridized carbons (Fsp3) is 0.769. The smallest absolute Gasteiger partial charge is 0.113 e. The van der Waals surface area contributed by atoms with Gasteiger partial charge in [0.2, 0.25) is 0 Å². The van der Waals surface area contributed by atoms with E-state index < -0.39 is 0 Å². The normalized spacial score (nSPS) is 30.9. The Balaban J connectivity index is 2.16. The molecular formula is C13H23N3. The van der Waals surface area contributed by atoms with Crippen LogP contribution in [0.2, 0.25) is 0 Å². The van der Waals surface area contributed by atoms with E-state index >= 15 is 0 Å². The van der Waals surface area contributed by atoms with Gasteiger partial charge in [-0.15, -0.1) is 0 Å². The van der Waals surface area contributed by atoms with Crippen LogP contribution in [0, 0.1) is 11.8 Å². The summed E-state index contributed by atoms with van der Waals surface area (Å²) < 4.78 is 2.12. The van der Waals surface area contributed by atoms with Crippen LogP contribution in [0.15, 0.2) is 12.4 Å². The van der Waals surface area contributed by atoms with Crippen molar-refractivity contribution in [2.24, 2.45) is 24.6 Å². The summed E-state index contributed by atoms with van der Waals surface area (Å²) in [7, 11) is 2.06. The molecule has 0 amide bonds. The van der Waals surface area contributed by atoms with Crippen LogP contribution in [0.1, 0.15) is 44.9 Å². The molecular weight excluding hydrogens is 198 g/mol. The van der Waals surface area contributed by atoms with Crippen molar-refractivity contribution in [3.63, 3.8) is 0 Å². The third-order valence-electron chi connectivity index (χ3n) is 4.08. The Kier molecular flexibility index (Phi) is 3.33. The van der Waals surface area contributed by atoms with Gasteiger partial charge in [-0.05, 0) is 31.1 Å². The van der Waals surface area contributed by atoms with Crippen molar-refractivity contribution in [2.45, 2.75) is 45.1 Å². The van der Waals surface area contributed by atoms with Gasteiger partial charge in [-0.2, -0.15) is 0 Å². The third kappa shape index (κ3) is 2.14. The highest BCUT2D eigenvalue weighted by Gasteiger charge is 2.32. The summed E-state index contributed by atoms with van der Waals surface area (Å²) in [6, 6.07) is 0.288. The molecule has 90 valence electrons. The first-order valence-electron chi connectivity index (χ1n) is 6.32. The second kappa shape index (κ2) is 4.58. The molecule has 3 unspecified atom stereocenters. The molecule has 1 aromatic rings. The van der Waals surface area contributed by atoms with Crippen molar-refractivity contribution in [1.29, 1.82) is 0 Å². The number of nitrogens with two attached hydrogens (primary N) is 1. The van der Waals surface area contributed by atoms with Crippen LogP contribution in [-0.2, 0) is 7.05 Å². The topological polar surface area (TPSA) is 43.8 Å². The molecule has 3 nitrogen and oxygen atoms in total. The van der Waals surface area contributed by atoms with E-state index in [1.165, 1.54) is 12.8 Å². The van der Waals surface area contributed by atoms with E-state index in [1.54, 1.807) is 0 Å². The fourth-order valence-corrected chi connectivity index (χ4v) is 2.86. The molecule has 1 aliphatic rings. The van der Waals surface area contributed by atoms with Crippen LogP contribution in [0.25, 0.3) is 0 Å². The maximum Gasteiger partial charge on any atom is 0.113 e. The summed E-state index contributed by atoms with van der Waals surface area (Å²) in [6.45, 7) is 4.63. The molecule has 16 heavy (non-hydrogen) atoms. The Morgan fingerprint density at radius 1 is 1.44 bits per heavy atom. The first-order chi connectivity index (χ1) is 7.59. The predicted octanol–water partition coefficient (Wildman–Crippen LogP) is 2.29. The van der Waals surface area contributed by atoms with Gasteiger partial charge in [-0.3, -0.25) is 0 Å². The average Bonchev–Trinajstić information content (AvgIpc) is 2.65. The van der Waals surface area contributed by atoms with Crippen molar-refractivity contribution in [3.05, 3.63) is 18.2 Å². The van der Waals surface area contributed by atoms with Gasteiger partial charge in [0.1, 0.15) is 5.82 Å². The number of aryl methyl sites for hydroxylation is 1. The van der Waals surface area contributed by atoms with Crippen molar-refractivity contribution >= 4 is 0 Å². The Bertz CT molecular complexity index is 343. The van der Waals surface area contributed by atoms with Gasteiger partial charge < -0.3 is 10.3 Å². The van der Waals surface area contributed by atoms with E-state index in [2.05, 4.69) is 30.4 Å². The molecule has 2 N–H and O–H groups in total. The van der Waals surface area contributed by atoms with Crippen LogP contribution in [-0.4, -0.2) is 15.6 Å². The Hall–Kier alpha value is -0.830. The Morgan fingerprint density at radius 2 is 2.19 bits per heavy atom. The van der Waals surface area contributed by atoms with E-state index in [0.29, 0.717) is 5.92 Å². The molecule has 1 aromatic heterocycles. The van der Waals surface area contributed by atoms with Crippen molar-refractivity contribution in [3.8, 4) is 0 Å². The molecule has 3 heteroatoms. The molecule has 0 radical (unpaired) electrons. The summed E-state index contributed by atoms with van der Waals surface area (Å²) in [4.78, 5) is 4.47. The van der Waals surface area contributed by atoms with E-state index in [-0.39, 0.29) is 6.04 Å². The molecule has 1 saturated carbocycles. The second-order valence-corrected chi connectivity index (χ2v) is 5.48. The lowest BCUT2D eigenvalue weighted by Gasteiger charge is -2.35. The zero-order valence-electron chi connectivity index (χ0n) is 10.6. The quantitative estimate of drug-likeness (QED) is 0.832. The lowest BCUT2D eigenvalue weighted by atomic mass is 9.73. The molecule has 0 bridgehead atoms. The summed E-state index contributed by atoms with van der Waals surface area (Å²) in [5, 5.41) is 0. The van der Waals surface area contributed by atoms with Gasteiger partial charge in [0.05, 0.1) is 0 Å². The highest BCUT2D eigenvalue weighted by molar-refractivity contribution is 5.06. The number of imidazole rings is 1. The Morgan fingerprint density at radius 3 is 2.75 bits per heavy atom. The van der Waals surface area contributed by atoms with Gasteiger partial charge in [0.25, 0.3) is 0 Å². The number of hydrogen-bond donors (Lipinski definition) is 1. The number of nitrogens with zero attached hydrogens (tertiary/aromatic N) is 2. The molecule has 3 atom stereocenters. The van der Waals surface area contributed by atoms with E-state index in [9.17, 15) is 0 Å². The molecule has 0 saturated heterocycles. The lowest BCUT2D eigenvalue weighted by molar-refractivity contribution is 0.226. The zero-order valence-corrected chi connectivity index (χ0v) is 10.6. The van der Waals surface area contributed by atoms with Crippen LogP contribution in [0.4, 0.5) is 0 Å². The van der Waals surface area contributed by atoms with Gasteiger partial charge in [0, 0.05) is 31.4 Å². The van der Waals surface area contributed by atoms with Crippen LogP contribution >= 0.6 is 0 Å². The summed E-state index contributed by atoms with van der Waals surface area (Å²) in [5.74, 6) is 3.18. The molecule has 0 spiro atoms. The minimum absolute atomic E-state index is 0.288. The molecule has 1 heterocycles. The maximum atomic E-state index is 6.25. The minimum atomic E-state index is 0.288. The summed E-state index contributed by atoms with van der Waals surface area (Å²) in [5.41, 5.74) is 6.25. The maximum absolute atomic E-state index is 6.25. The molecule has 2 rings (SSSR count). The van der Waals surface area contributed by atoms with Gasteiger partial charge in [-0.1, -0.05) is 13.8 Å². The zero-order chi connectivity index (χ0) is 11.7. The average molecular weight is 221 g/mol. The summed E-state index contributed by atoms with van der Waals surface area (Å²) >= 11 is 0. The fourth-order valence-electron chi connectivity index (χ4n) is 2.86. The number of hydrogen-bond acceptors (Lipinski definition) is 2. The molecule has 0 aromatic carbocycles. The first kappa shape index (κ1) is 11.6. The van der Waals surface area contributed by atoms with Crippen molar-refractivity contribution < 1.29 is 0 Å². The third-order valence-corrected chi connectivity index (χ3v) is 4.08. The SMILES string of the molecule is CC(C)C1CCC(N)C(c2nccn2C)C1. The number of rotatable bonds is 2. The second-order valence-electron chi connectivity index (χ2n) is 5.48. The van der Waals surface area contributed by atoms with Crippen molar-refractivity contribution in [1.82, 2.24) is 9.55 Å². The monoisotopic (exact) mass is 221 g/mol. The van der Waals surface area contributed by atoms with Crippen LogP contribution in [0.5, 0.6) is 0 Å². The molecule has 0 aliphatic heterocycles. The Labute approximate surface area is 98.1 Å². The first-order valence-corrected chi connectivity index (χ1v) is 6.32. The minimum Gasteiger partial charge on any atom is -0.338 e. The largest absolute Gasteiger partial charge is 0.338 e. The van der Waals surface area contributed by atoms with Gasteiger partial charge in [-0.25, -0.2) is 4.98 Å². The molecule has 1 aliphatic carbocycles. The standard InChI is InChI=1S/C13H23N3/c1-9(2)10-4-5-12(14)11(8-10)13-15-6-7-16(13)3/h6-7,9-12H,4-5,8,14H2,1-3H3. The van der Waals surface area contributed by atoms with Crippen molar-refractivity contribution in [2.75, 3.05) is 0 Å². The van der Waals surface area contributed by atoms with E-state index in [4.69, 9.17) is 5.73 Å². The number of aromatic nitrogens is 2. The van der Waals surface area contributed by atoms with Crippen LogP contribution in [0.3, 0.4) is 0 Å². The highest BCUT2D eigenvalue weighted by atomic mass is 15.0. The lowest BCUT2D eigenvalue weighted by Crippen LogP contribution is -2.37. The van der Waals surface area contributed by atoms with Gasteiger partial charge >= 0.3 is 0 Å². The van der Waals surface area contributed by atoms with E-state index in [1.807, 2.05) is 12.4 Å². The van der Waals surface area contributed by atoms with Crippen LogP contribution < -0.4 is 5.73 Å². The van der Waals surface area contributed by atoms with E-state index in [0.717, 1.165) is 24.1 Å². The predicted molar refractivity (Wildman–Crippen MR) is 66.1 cm³/mol. The highest BCUT2D eigenvalue weighted by Crippen LogP contribution is 2.37. The summed E-state index contributed by atoms with van der Waals surface area (Å²) in [6.07, 6.45) is 7.51. The molecule has 1 fully saturated rings.